The van der Waals surface area contributed by atoms with Gasteiger partial charge in [0.15, 0.2) is 0 Å². The van der Waals surface area contributed by atoms with Gasteiger partial charge in [0.1, 0.15) is 11.3 Å². The molecule has 0 aromatic heterocycles. The van der Waals surface area contributed by atoms with Crippen LogP contribution in [0.2, 0.25) is 0 Å². The Balaban J connectivity index is 2.79. The number of carboxylic acid groups (broad SMARTS) is 1. The van der Waals surface area contributed by atoms with Gasteiger partial charge in [0, 0.05) is 24.8 Å². The fourth-order valence-electron chi connectivity index (χ4n) is 1.31. The average Bonchev–Trinajstić information content (AvgIpc) is 2.35. The molecule has 0 radical (unpaired) electrons. The molecule has 0 atom stereocenters. The van der Waals surface area contributed by atoms with Crippen LogP contribution in [-0.4, -0.2) is 37.3 Å². The molecule has 18 heavy (non-hydrogen) atoms. The zero-order valence-electron chi connectivity index (χ0n) is 9.90. The molecule has 1 aromatic carbocycles. The van der Waals surface area contributed by atoms with Crippen molar-refractivity contribution in [3.8, 4) is 5.75 Å². The van der Waals surface area contributed by atoms with Crippen molar-refractivity contribution >= 4 is 17.7 Å². The fourth-order valence-corrected chi connectivity index (χ4v) is 1.31. The lowest BCUT2D eigenvalue weighted by Gasteiger charge is -2.09. The molecule has 2 amide bonds. The van der Waals surface area contributed by atoms with E-state index < -0.39 is 12.0 Å². The lowest BCUT2D eigenvalue weighted by molar-refractivity contribution is 0.0693. The van der Waals surface area contributed by atoms with Crippen molar-refractivity contribution < 1.29 is 19.4 Å². The van der Waals surface area contributed by atoms with Gasteiger partial charge in [-0.1, -0.05) is 0 Å². The summed E-state index contributed by atoms with van der Waals surface area (Å²) in [5.41, 5.74) is 5.71. The second kappa shape index (κ2) is 6.45. The number of hydrogen-bond donors (Lipinski definition) is 4. The number of hydrogen-bond acceptors (Lipinski definition) is 4. The molecule has 0 saturated carbocycles. The highest BCUT2D eigenvalue weighted by molar-refractivity contribution is 5.94. The number of benzene rings is 1. The van der Waals surface area contributed by atoms with E-state index in [4.69, 9.17) is 15.6 Å². The van der Waals surface area contributed by atoms with E-state index >= 15 is 0 Å². The normalized spacial score (nSPS) is 9.67. The third-order valence-electron chi connectivity index (χ3n) is 2.12. The van der Waals surface area contributed by atoms with Crippen molar-refractivity contribution in [2.75, 3.05) is 25.5 Å². The third kappa shape index (κ3) is 3.63. The van der Waals surface area contributed by atoms with E-state index in [0.717, 1.165) is 0 Å². The summed E-state index contributed by atoms with van der Waals surface area (Å²) in [6.45, 7) is 0.699. The largest absolute Gasteiger partial charge is 0.496 e. The molecule has 0 spiro atoms. The Bertz CT molecular complexity index is 448. The van der Waals surface area contributed by atoms with Crippen LogP contribution in [0.4, 0.5) is 10.5 Å². The van der Waals surface area contributed by atoms with Gasteiger partial charge in [-0.25, -0.2) is 9.59 Å². The van der Waals surface area contributed by atoms with Crippen LogP contribution < -0.4 is 21.1 Å². The van der Waals surface area contributed by atoms with Crippen molar-refractivity contribution in [2.24, 2.45) is 5.73 Å². The molecule has 0 saturated heterocycles. The minimum atomic E-state index is -1.09. The molecule has 0 unspecified atom stereocenters. The predicted octanol–water partition coefficient (Wildman–Crippen LogP) is 0.474. The van der Waals surface area contributed by atoms with Gasteiger partial charge >= 0.3 is 12.0 Å². The molecule has 0 fully saturated rings. The molecule has 0 aliphatic carbocycles. The van der Waals surface area contributed by atoms with Crippen molar-refractivity contribution in [3.63, 3.8) is 0 Å². The van der Waals surface area contributed by atoms with Crippen LogP contribution in [0, 0.1) is 0 Å². The number of carbonyl (C=O) groups is 2. The Morgan fingerprint density at radius 2 is 2.17 bits per heavy atom. The summed E-state index contributed by atoms with van der Waals surface area (Å²) in [6, 6.07) is 3.87. The Labute approximate surface area is 104 Å². The number of carbonyl (C=O) groups excluding carboxylic acids is 1. The van der Waals surface area contributed by atoms with E-state index in [9.17, 15) is 9.59 Å². The molecule has 1 rings (SSSR count). The van der Waals surface area contributed by atoms with Gasteiger partial charge < -0.3 is 26.2 Å². The highest BCUT2D eigenvalue weighted by atomic mass is 16.5. The number of ether oxygens (including phenoxy) is 1. The standard InChI is InChI=1S/C11H15N3O4/c1-18-9-6-7(2-3-8(9)10(15)16)14-11(17)13-5-4-12/h2-3,6H,4-5,12H2,1H3,(H,15,16)(H2,13,14,17). The molecular formula is C11H15N3O4. The monoisotopic (exact) mass is 253 g/mol. The zero-order chi connectivity index (χ0) is 13.5. The summed E-state index contributed by atoms with van der Waals surface area (Å²) in [7, 11) is 1.36. The lowest BCUT2D eigenvalue weighted by Crippen LogP contribution is -2.32. The van der Waals surface area contributed by atoms with E-state index in [-0.39, 0.29) is 11.3 Å². The van der Waals surface area contributed by atoms with Crippen molar-refractivity contribution in [2.45, 2.75) is 0 Å². The number of rotatable bonds is 5. The van der Waals surface area contributed by atoms with Crippen molar-refractivity contribution in [3.05, 3.63) is 23.8 Å². The van der Waals surface area contributed by atoms with Gasteiger partial charge in [-0.05, 0) is 12.1 Å². The van der Waals surface area contributed by atoms with E-state index in [1.807, 2.05) is 0 Å². The van der Waals surface area contributed by atoms with Gasteiger partial charge in [-0.15, -0.1) is 0 Å². The lowest BCUT2D eigenvalue weighted by atomic mass is 10.2. The minimum absolute atomic E-state index is 0.0328. The summed E-state index contributed by atoms with van der Waals surface area (Å²) < 4.78 is 4.94. The summed E-state index contributed by atoms with van der Waals surface area (Å²) in [5.74, 6) is -0.912. The van der Waals surface area contributed by atoms with Crippen LogP contribution in [0.5, 0.6) is 5.75 Å². The van der Waals surface area contributed by atoms with Crippen molar-refractivity contribution in [1.82, 2.24) is 5.32 Å². The van der Waals surface area contributed by atoms with Crippen LogP contribution in [-0.2, 0) is 0 Å². The number of urea groups is 1. The van der Waals surface area contributed by atoms with Gasteiger partial charge in [-0.3, -0.25) is 0 Å². The number of methoxy groups -OCH3 is 1. The highest BCUT2D eigenvalue weighted by Crippen LogP contribution is 2.23. The van der Waals surface area contributed by atoms with Crippen LogP contribution in [0.25, 0.3) is 0 Å². The molecule has 0 bridgehead atoms. The third-order valence-corrected chi connectivity index (χ3v) is 2.12. The number of aromatic carboxylic acids is 1. The fraction of sp³-hybridized carbons (Fsp3) is 0.273. The molecule has 0 aliphatic heterocycles. The van der Waals surface area contributed by atoms with E-state index in [1.54, 1.807) is 0 Å². The van der Waals surface area contributed by atoms with Gasteiger partial charge in [0.25, 0.3) is 0 Å². The van der Waals surface area contributed by atoms with Gasteiger partial charge in [-0.2, -0.15) is 0 Å². The first-order chi connectivity index (χ1) is 8.58. The number of carboxylic acids is 1. The molecular weight excluding hydrogens is 238 g/mol. The first-order valence-electron chi connectivity index (χ1n) is 5.24. The molecule has 98 valence electrons. The SMILES string of the molecule is COc1cc(NC(=O)NCCN)ccc1C(=O)O. The van der Waals surface area contributed by atoms with E-state index in [0.29, 0.717) is 18.8 Å². The van der Waals surface area contributed by atoms with Crippen LogP contribution in [0.15, 0.2) is 18.2 Å². The summed E-state index contributed by atoms with van der Waals surface area (Å²) in [5, 5.41) is 14.0. The van der Waals surface area contributed by atoms with Crippen molar-refractivity contribution in [1.29, 1.82) is 0 Å². The molecule has 0 aliphatic rings. The van der Waals surface area contributed by atoms with Crippen LogP contribution in [0.1, 0.15) is 10.4 Å². The second-order valence-electron chi connectivity index (χ2n) is 3.39. The quantitative estimate of drug-likeness (QED) is 0.609. The number of nitrogens with two attached hydrogens (primary N) is 1. The molecule has 0 heterocycles. The Morgan fingerprint density at radius 1 is 1.44 bits per heavy atom. The molecule has 7 nitrogen and oxygen atoms in total. The smallest absolute Gasteiger partial charge is 0.339 e. The minimum Gasteiger partial charge on any atom is -0.496 e. The van der Waals surface area contributed by atoms with E-state index in [1.165, 1.54) is 25.3 Å². The first kappa shape index (κ1) is 13.8. The average molecular weight is 253 g/mol. The van der Waals surface area contributed by atoms with Crippen LogP contribution in [0.3, 0.4) is 0 Å². The van der Waals surface area contributed by atoms with E-state index in [2.05, 4.69) is 10.6 Å². The van der Waals surface area contributed by atoms with Gasteiger partial charge in [0.05, 0.1) is 7.11 Å². The summed E-state index contributed by atoms with van der Waals surface area (Å²) in [4.78, 5) is 22.2. The number of nitrogens with one attached hydrogen (secondary N) is 2. The molecule has 1 aromatic rings. The Morgan fingerprint density at radius 3 is 2.72 bits per heavy atom. The highest BCUT2D eigenvalue weighted by Gasteiger charge is 2.11. The Hall–Kier alpha value is -2.28. The van der Waals surface area contributed by atoms with Gasteiger partial charge in [0.2, 0.25) is 0 Å². The maximum Gasteiger partial charge on any atom is 0.339 e. The first-order valence-corrected chi connectivity index (χ1v) is 5.24. The predicted molar refractivity (Wildman–Crippen MR) is 66.0 cm³/mol. The zero-order valence-corrected chi connectivity index (χ0v) is 9.90. The topological polar surface area (TPSA) is 114 Å². The maximum atomic E-state index is 11.4. The number of amides is 2. The molecule has 7 heteroatoms. The second-order valence-corrected chi connectivity index (χ2v) is 3.39. The van der Waals surface area contributed by atoms with Crippen LogP contribution >= 0.6 is 0 Å². The number of anilines is 1. The molecule has 5 N–H and O–H groups in total. The summed E-state index contributed by atoms with van der Waals surface area (Å²) in [6.07, 6.45) is 0. The Kier molecular flexibility index (Phi) is 4.94. The summed E-state index contributed by atoms with van der Waals surface area (Å²) >= 11 is 0. The maximum absolute atomic E-state index is 11.4.